The number of carbonyl (C=O) groups is 1. The predicted octanol–water partition coefficient (Wildman–Crippen LogP) is 6.42. The molecule has 0 fully saturated rings. The topological polar surface area (TPSA) is 63.4 Å². The number of hydrogen-bond acceptors (Lipinski definition) is 5. The molecule has 168 valence electrons. The molecule has 5 aromatic rings. The number of anilines is 1. The molecule has 7 heteroatoms. The number of hydrogen-bond donors (Lipinski definition) is 0. The van der Waals surface area contributed by atoms with Gasteiger partial charge in [0.1, 0.15) is 11.4 Å². The van der Waals surface area contributed by atoms with E-state index in [-0.39, 0.29) is 17.0 Å². The molecule has 0 saturated carbocycles. The van der Waals surface area contributed by atoms with Gasteiger partial charge in [0.25, 0.3) is 5.91 Å². The highest BCUT2D eigenvalue weighted by Crippen LogP contribution is 2.43. The number of nitrogens with zero attached hydrogens (tertiary/aromatic N) is 2. The van der Waals surface area contributed by atoms with Gasteiger partial charge in [0.15, 0.2) is 10.6 Å². The number of amides is 1. The van der Waals surface area contributed by atoms with Crippen molar-refractivity contribution in [3.63, 3.8) is 0 Å². The molecule has 3 heterocycles. The maximum Gasteiger partial charge on any atom is 0.297 e. The molecule has 0 spiro atoms. The highest BCUT2D eigenvalue weighted by Gasteiger charge is 2.45. The molecule has 1 amide bonds. The van der Waals surface area contributed by atoms with Crippen LogP contribution in [0.2, 0.25) is 0 Å². The van der Waals surface area contributed by atoms with Crippen molar-refractivity contribution < 1.29 is 13.6 Å². The van der Waals surface area contributed by atoms with Crippen LogP contribution in [0, 0.1) is 5.82 Å². The SMILES string of the molecule is CC(C)c1ccc(C2c3c(oc4ccccc4c3=O)C(=O)N2c2nc3ccc(F)cc3s2)cc1. The van der Waals surface area contributed by atoms with Gasteiger partial charge in [-0.2, -0.15) is 0 Å². The van der Waals surface area contributed by atoms with Gasteiger partial charge in [0.05, 0.1) is 27.2 Å². The van der Waals surface area contributed by atoms with Gasteiger partial charge in [-0.1, -0.05) is 61.6 Å². The molecule has 1 aliphatic rings. The minimum atomic E-state index is -0.699. The number of rotatable bonds is 3. The molecule has 2 aromatic heterocycles. The maximum atomic E-state index is 13.8. The van der Waals surface area contributed by atoms with Crippen LogP contribution in [-0.4, -0.2) is 10.9 Å². The molecule has 34 heavy (non-hydrogen) atoms. The van der Waals surface area contributed by atoms with E-state index in [0.717, 1.165) is 11.1 Å². The Hall–Kier alpha value is -3.84. The minimum absolute atomic E-state index is 0.0204. The Morgan fingerprint density at radius 2 is 1.79 bits per heavy atom. The normalized spacial score (nSPS) is 15.6. The number of thiazole rings is 1. The van der Waals surface area contributed by atoms with Crippen LogP contribution < -0.4 is 10.3 Å². The summed E-state index contributed by atoms with van der Waals surface area (Å²) in [7, 11) is 0. The summed E-state index contributed by atoms with van der Waals surface area (Å²) in [6, 6.07) is 18.4. The van der Waals surface area contributed by atoms with Gasteiger partial charge in [-0.3, -0.25) is 14.5 Å². The fraction of sp³-hybridized carbons (Fsp3) is 0.148. The molecular formula is C27H19FN2O3S. The molecule has 0 bridgehead atoms. The van der Waals surface area contributed by atoms with E-state index in [1.807, 2.05) is 24.3 Å². The van der Waals surface area contributed by atoms with Crippen molar-refractivity contribution in [1.29, 1.82) is 0 Å². The van der Waals surface area contributed by atoms with Gasteiger partial charge in [-0.15, -0.1) is 0 Å². The van der Waals surface area contributed by atoms with Gasteiger partial charge in [0.2, 0.25) is 5.76 Å². The molecule has 1 unspecified atom stereocenters. The van der Waals surface area contributed by atoms with Crippen LogP contribution in [0.4, 0.5) is 9.52 Å². The molecular weight excluding hydrogens is 451 g/mol. The summed E-state index contributed by atoms with van der Waals surface area (Å²) in [4.78, 5) is 33.4. The Morgan fingerprint density at radius 1 is 1.03 bits per heavy atom. The van der Waals surface area contributed by atoms with Crippen molar-refractivity contribution in [2.24, 2.45) is 0 Å². The lowest BCUT2D eigenvalue weighted by Gasteiger charge is -2.23. The van der Waals surface area contributed by atoms with E-state index in [1.165, 1.54) is 28.4 Å². The standard InChI is InChI=1S/C27H19FN2O3S/c1-14(2)15-7-9-16(10-8-15)23-22-24(31)18-5-3-4-6-20(18)33-25(22)26(32)30(23)27-29-19-12-11-17(28)13-21(19)34-27/h3-14,23H,1-2H3. The first-order valence-electron chi connectivity index (χ1n) is 11.0. The van der Waals surface area contributed by atoms with Crippen LogP contribution in [0.1, 0.15) is 53.1 Å². The molecule has 5 nitrogen and oxygen atoms in total. The summed E-state index contributed by atoms with van der Waals surface area (Å²) in [6.45, 7) is 4.22. The fourth-order valence-corrected chi connectivity index (χ4v) is 5.50. The average Bonchev–Trinajstić information content (AvgIpc) is 3.37. The largest absolute Gasteiger partial charge is 0.450 e. The van der Waals surface area contributed by atoms with E-state index in [2.05, 4.69) is 18.8 Å². The Morgan fingerprint density at radius 3 is 2.56 bits per heavy atom. The number of para-hydroxylation sites is 1. The Kier molecular flexibility index (Phi) is 4.64. The van der Waals surface area contributed by atoms with E-state index in [1.54, 1.807) is 30.3 Å². The number of fused-ring (bicyclic) bond motifs is 3. The third-order valence-corrected chi connectivity index (χ3v) is 7.26. The highest BCUT2D eigenvalue weighted by molar-refractivity contribution is 7.22. The lowest BCUT2D eigenvalue weighted by atomic mass is 9.95. The Bertz CT molecular complexity index is 1650. The average molecular weight is 471 g/mol. The van der Waals surface area contributed by atoms with Gasteiger partial charge in [-0.25, -0.2) is 9.37 Å². The van der Waals surface area contributed by atoms with Crippen LogP contribution in [0.15, 0.2) is 75.9 Å². The fourth-order valence-electron chi connectivity index (χ4n) is 4.48. The minimum Gasteiger partial charge on any atom is -0.450 e. The molecule has 0 saturated heterocycles. The van der Waals surface area contributed by atoms with Gasteiger partial charge in [-0.05, 0) is 47.4 Å². The zero-order chi connectivity index (χ0) is 23.6. The van der Waals surface area contributed by atoms with E-state index in [0.29, 0.717) is 37.8 Å². The number of carbonyl (C=O) groups excluding carboxylic acids is 1. The van der Waals surface area contributed by atoms with Crippen molar-refractivity contribution in [1.82, 2.24) is 4.98 Å². The third-order valence-electron chi connectivity index (χ3n) is 6.24. The number of benzene rings is 3. The van der Waals surface area contributed by atoms with E-state index in [9.17, 15) is 14.0 Å². The first-order valence-corrected chi connectivity index (χ1v) is 11.8. The van der Waals surface area contributed by atoms with E-state index >= 15 is 0 Å². The summed E-state index contributed by atoms with van der Waals surface area (Å²) in [5.74, 6) is -0.444. The molecule has 0 aliphatic carbocycles. The first kappa shape index (κ1) is 20.7. The second kappa shape index (κ2) is 7.60. The summed E-state index contributed by atoms with van der Waals surface area (Å²) in [5, 5.41) is 0.810. The second-order valence-corrected chi connectivity index (χ2v) is 9.69. The Balaban J connectivity index is 1.61. The zero-order valence-electron chi connectivity index (χ0n) is 18.4. The molecule has 3 aromatic carbocycles. The molecule has 1 atom stereocenters. The monoisotopic (exact) mass is 470 g/mol. The lowest BCUT2D eigenvalue weighted by Crippen LogP contribution is -2.29. The van der Waals surface area contributed by atoms with Crippen LogP contribution in [-0.2, 0) is 0 Å². The van der Waals surface area contributed by atoms with Gasteiger partial charge in [0, 0.05) is 0 Å². The quantitative estimate of drug-likeness (QED) is 0.305. The lowest BCUT2D eigenvalue weighted by molar-refractivity contribution is 0.0971. The number of halogens is 1. The maximum absolute atomic E-state index is 13.8. The van der Waals surface area contributed by atoms with Crippen molar-refractivity contribution >= 4 is 43.6 Å². The molecule has 1 aliphatic heterocycles. The van der Waals surface area contributed by atoms with Crippen molar-refractivity contribution in [2.45, 2.75) is 25.8 Å². The van der Waals surface area contributed by atoms with Crippen LogP contribution in [0.3, 0.4) is 0 Å². The third kappa shape index (κ3) is 3.08. The zero-order valence-corrected chi connectivity index (χ0v) is 19.2. The van der Waals surface area contributed by atoms with E-state index in [4.69, 9.17) is 4.42 Å². The summed E-state index contributed by atoms with van der Waals surface area (Å²) in [5.41, 5.74) is 2.94. The molecule has 0 N–H and O–H groups in total. The first-order chi connectivity index (χ1) is 16.4. The van der Waals surface area contributed by atoms with Crippen molar-refractivity contribution in [3.05, 3.63) is 105 Å². The van der Waals surface area contributed by atoms with Crippen molar-refractivity contribution in [3.8, 4) is 0 Å². The predicted molar refractivity (Wildman–Crippen MR) is 131 cm³/mol. The second-order valence-electron chi connectivity index (χ2n) is 8.68. The summed E-state index contributed by atoms with van der Waals surface area (Å²) >= 11 is 1.21. The summed E-state index contributed by atoms with van der Waals surface area (Å²) in [6.07, 6.45) is 0. The smallest absolute Gasteiger partial charge is 0.297 e. The van der Waals surface area contributed by atoms with Gasteiger partial charge < -0.3 is 4.42 Å². The van der Waals surface area contributed by atoms with Crippen LogP contribution >= 0.6 is 11.3 Å². The van der Waals surface area contributed by atoms with Crippen LogP contribution in [0.5, 0.6) is 0 Å². The highest BCUT2D eigenvalue weighted by atomic mass is 32.1. The Labute approximate surface area is 198 Å². The van der Waals surface area contributed by atoms with E-state index < -0.39 is 11.9 Å². The summed E-state index contributed by atoms with van der Waals surface area (Å²) < 4.78 is 20.4. The molecule has 0 radical (unpaired) electrons. The number of aromatic nitrogens is 1. The van der Waals surface area contributed by atoms with Gasteiger partial charge >= 0.3 is 0 Å². The van der Waals surface area contributed by atoms with Crippen molar-refractivity contribution in [2.75, 3.05) is 4.90 Å². The van der Waals surface area contributed by atoms with Crippen LogP contribution in [0.25, 0.3) is 21.2 Å². The molecule has 6 rings (SSSR count).